The van der Waals surface area contributed by atoms with Crippen LogP contribution in [0.25, 0.3) is 0 Å². The number of esters is 1. The number of thioether (sulfide) groups is 1. The van der Waals surface area contributed by atoms with Crippen LogP contribution in [0.5, 0.6) is 0 Å². The van der Waals surface area contributed by atoms with E-state index >= 15 is 0 Å². The molecule has 4 rings (SSSR count). The Hall–Kier alpha value is -2.58. The smallest absolute Gasteiger partial charge is 0.310 e. The summed E-state index contributed by atoms with van der Waals surface area (Å²) in [6.45, 7) is 13.8. The third-order valence-electron chi connectivity index (χ3n) is 8.41. The van der Waals surface area contributed by atoms with Gasteiger partial charge in [0.1, 0.15) is 6.04 Å². The topological polar surface area (TPSA) is 87.2 Å². The molecular weight excluding hydrogens is 500 g/mol. The lowest BCUT2D eigenvalue weighted by molar-refractivity contribution is -0.155. The molecule has 1 aromatic carbocycles. The van der Waals surface area contributed by atoms with E-state index in [0.29, 0.717) is 13.0 Å². The maximum absolute atomic E-state index is 14.4. The standard InChI is InChI=1S/C30H40N2O5S/c1-6-8-12-16-37-29(36)24-23-17-20(5)30(38-23)25(24)27(34)32(22(18-33)21-13-10-9-11-14-21)26(30)28(35)31(15-7-2)19(3)4/h6-7,9-11,13-14,19-20,22-26,33H,1-2,8,12,15-18H2,3-5H3/t20?,22-,23+,24-,25+,26?,30?/m1/s1. The molecule has 206 valence electrons. The van der Waals surface area contributed by atoms with Gasteiger partial charge in [0, 0.05) is 17.8 Å². The fourth-order valence-corrected chi connectivity index (χ4v) is 9.11. The van der Waals surface area contributed by atoms with Gasteiger partial charge in [0.15, 0.2) is 0 Å². The zero-order valence-electron chi connectivity index (χ0n) is 22.6. The first kappa shape index (κ1) is 28.4. The highest BCUT2D eigenvalue weighted by Crippen LogP contribution is 2.69. The fraction of sp³-hybridized carbons (Fsp3) is 0.567. The molecule has 3 unspecified atom stereocenters. The molecule has 3 saturated heterocycles. The van der Waals surface area contributed by atoms with Crippen LogP contribution in [-0.2, 0) is 19.1 Å². The normalized spacial score (nSPS) is 30.3. The molecule has 7 nitrogen and oxygen atoms in total. The molecule has 2 amide bonds. The second-order valence-corrected chi connectivity index (χ2v) is 12.4. The average molecular weight is 541 g/mol. The number of amides is 2. The molecule has 8 heteroatoms. The number of unbranched alkanes of at least 4 members (excludes halogenated alkanes) is 1. The van der Waals surface area contributed by atoms with E-state index in [2.05, 4.69) is 20.1 Å². The second kappa shape index (κ2) is 11.7. The predicted molar refractivity (Wildman–Crippen MR) is 149 cm³/mol. The molecule has 1 N–H and O–H groups in total. The van der Waals surface area contributed by atoms with E-state index in [1.54, 1.807) is 33.7 Å². The SMILES string of the molecule is C=CCCCOC(=O)[C@@H]1[C@@H]2CC(C)C3(S2)C(C(=O)N(CC=C)C(C)C)N([C@H](CO)c2ccccc2)C(=O)[C@H]13. The Balaban J connectivity index is 1.80. The van der Waals surface area contributed by atoms with Crippen molar-refractivity contribution in [3.05, 3.63) is 61.2 Å². The lowest BCUT2D eigenvalue weighted by Gasteiger charge is -2.42. The van der Waals surface area contributed by atoms with Crippen LogP contribution in [-0.4, -0.2) is 74.5 Å². The highest BCUT2D eigenvalue weighted by molar-refractivity contribution is 8.02. The zero-order valence-corrected chi connectivity index (χ0v) is 23.4. The Morgan fingerprint density at radius 3 is 2.58 bits per heavy atom. The van der Waals surface area contributed by atoms with Crippen LogP contribution in [0.3, 0.4) is 0 Å². The Morgan fingerprint density at radius 1 is 1.26 bits per heavy atom. The number of benzene rings is 1. The molecule has 0 saturated carbocycles. The Morgan fingerprint density at radius 2 is 1.97 bits per heavy atom. The minimum atomic E-state index is -0.816. The quantitative estimate of drug-likeness (QED) is 0.245. The number of hydrogen-bond acceptors (Lipinski definition) is 6. The first-order valence-corrected chi connectivity index (χ1v) is 14.5. The lowest BCUT2D eigenvalue weighted by atomic mass is 9.66. The van der Waals surface area contributed by atoms with Crippen LogP contribution in [0.2, 0.25) is 0 Å². The van der Waals surface area contributed by atoms with E-state index in [4.69, 9.17) is 4.74 Å². The molecule has 1 aromatic rings. The molecule has 3 fully saturated rings. The summed E-state index contributed by atoms with van der Waals surface area (Å²) in [6.07, 6.45) is 5.64. The predicted octanol–water partition coefficient (Wildman–Crippen LogP) is 3.99. The number of aliphatic hydroxyl groups is 1. The number of allylic oxidation sites excluding steroid dienone is 1. The van der Waals surface area contributed by atoms with Crippen molar-refractivity contribution >= 4 is 29.5 Å². The molecule has 2 bridgehead atoms. The number of carbonyl (C=O) groups is 3. The zero-order chi connectivity index (χ0) is 27.6. The monoisotopic (exact) mass is 540 g/mol. The second-order valence-electron chi connectivity index (χ2n) is 10.9. The molecule has 0 aromatic heterocycles. The summed E-state index contributed by atoms with van der Waals surface area (Å²) in [5.41, 5.74) is 0.757. The molecule has 3 heterocycles. The van der Waals surface area contributed by atoms with Crippen molar-refractivity contribution in [1.29, 1.82) is 0 Å². The minimum Gasteiger partial charge on any atom is -0.465 e. The molecule has 3 aliphatic heterocycles. The molecule has 7 atom stereocenters. The molecule has 0 aliphatic carbocycles. The van der Waals surface area contributed by atoms with Crippen molar-refractivity contribution in [2.45, 2.75) is 68.2 Å². The third-order valence-corrected chi connectivity index (χ3v) is 10.5. The van der Waals surface area contributed by atoms with Gasteiger partial charge >= 0.3 is 5.97 Å². The van der Waals surface area contributed by atoms with Crippen molar-refractivity contribution in [1.82, 2.24) is 9.80 Å². The first-order valence-electron chi connectivity index (χ1n) is 13.6. The minimum absolute atomic E-state index is 0.0306. The van der Waals surface area contributed by atoms with Crippen LogP contribution in [0.1, 0.15) is 51.6 Å². The summed E-state index contributed by atoms with van der Waals surface area (Å²) in [7, 11) is 0. The van der Waals surface area contributed by atoms with Gasteiger partial charge in [-0.1, -0.05) is 49.4 Å². The number of carbonyl (C=O) groups excluding carboxylic acids is 3. The number of aliphatic hydroxyl groups excluding tert-OH is 1. The highest BCUT2D eigenvalue weighted by atomic mass is 32.2. The van der Waals surface area contributed by atoms with E-state index in [9.17, 15) is 19.5 Å². The van der Waals surface area contributed by atoms with Crippen LogP contribution in [0.4, 0.5) is 0 Å². The van der Waals surface area contributed by atoms with Crippen molar-refractivity contribution in [3.8, 4) is 0 Å². The Bertz CT molecular complexity index is 1060. The van der Waals surface area contributed by atoms with Gasteiger partial charge in [-0.2, -0.15) is 0 Å². The first-order chi connectivity index (χ1) is 18.2. The number of likely N-dealkylation sites (tertiary alicyclic amines) is 1. The van der Waals surface area contributed by atoms with E-state index in [1.165, 1.54) is 0 Å². The Labute approximate surface area is 230 Å². The molecule has 38 heavy (non-hydrogen) atoms. The summed E-state index contributed by atoms with van der Waals surface area (Å²) in [6, 6.07) is 7.70. The van der Waals surface area contributed by atoms with Gasteiger partial charge in [-0.3, -0.25) is 14.4 Å². The number of nitrogens with zero attached hydrogens (tertiary/aromatic N) is 2. The van der Waals surface area contributed by atoms with Crippen LogP contribution >= 0.6 is 11.8 Å². The largest absolute Gasteiger partial charge is 0.465 e. The van der Waals surface area contributed by atoms with E-state index in [1.807, 2.05) is 44.2 Å². The van der Waals surface area contributed by atoms with Crippen molar-refractivity contribution in [2.75, 3.05) is 19.8 Å². The van der Waals surface area contributed by atoms with Crippen molar-refractivity contribution < 1.29 is 24.2 Å². The Kier molecular flexibility index (Phi) is 8.72. The number of fused-ring (bicyclic) bond motifs is 1. The molecular formula is C30H40N2O5S. The summed E-state index contributed by atoms with van der Waals surface area (Å²) >= 11 is 1.62. The van der Waals surface area contributed by atoms with Crippen molar-refractivity contribution in [2.24, 2.45) is 17.8 Å². The maximum Gasteiger partial charge on any atom is 0.310 e. The van der Waals surface area contributed by atoms with Crippen LogP contribution < -0.4 is 0 Å². The average Bonchev–Trinajstić information content (AvgIpc) is 3.50. The third kappa shape index (κ3) is 4.60. The molecule has 0 radical (unpaired) electrons. The maximum atomic E-state index is 14.4. The highest BCUT2D eigenvalue weighted by Gasteiger charge is 2.77. The van der Waals surface area contributed by atoms with E-state index in [-0.39, 0.29) is 48.2 Å². The molecule has 1 spiro atoms. The summed E-state index contributed by atoms with van der Waals surface area (Å²) in [5, 5.41) is 10.5. The van der Waals surface area contributed by atoms with E-state index < -0.39 is 28.7 Å². The van der Waals surface area contributed by atoms with Crippen molar-refractivity contribution in [3.63, 3.8) is 0 Å². The molecule has 3 aliphatic rings. The van der Waals surface area contributed by atoms with Gasteiger partial charge in [0.2, 0.25) is 11.8 Å². The summed E-state index contributed by atoms with van der Waals surface area (Å²) < 4.78 is 4.89. The van der Waals surface area contributed by atoms with Crippen LogP contribution in [0, 0.1) is 17.8 Å². The number of ether oxygens (including phenoxy) is 1. The summed E-state index contributed by atoms with van der Waals surface area (Å²) in [5.74, 6) is -2.04. The van der Waals surface area contributed by atoms with E-state index in [0.717, 1.165) is 18.4 Å². The van der Waals surface area contributed by atoms with Gasteiger partial charge in [-0.05, 0) is 44.6 Å². The van der Waals surface area contributed by atoms with Crippen LogP contribution in [0.15, 0.2) is 55.6 Å². The van der Waals surface area contributed by atoms with Gasteiger partial charge in [-0.25, -0.2) is 0 Å². The van der Waals surface area contributed by atoms with Gasteiger partial charge in [0.25, 0.3) is 0 Å². The number of hydrogen-bond donors (Lipinski definition) is 1. The number of rotatable bonds is 12. The van der Waals surface area contributed by atoms with Gasteiger partial charge in [0.05, 0.1) is 35.8 Å². The lowest BCUT2D eigenvalue weighted by Crippen LogP contribution is -2.58. The van der Waals surface area contributed by atoms with Gasteiger partial charge in [-0.15, -0.1) is 24.9 Å². The van der Waals surface area contributed by atoms with Gasteiger partial charge < -0.3 is 19.6 Å². The summed E-state index contributed by atoms with van der Waals surface area (Å²) in [4.78, 5) is 45.7. The fourth-order valence-electron chi connectivity index (χ4n) is 6.72.